The molecule has 0 aliphatic rings. The standard InChI is InChI=1S/C28H31Cl2N3O5S/c1-4-15-31-28(35)20(2)32(18-21-9-8-10-23(16-21)38-3)27(34)19-33(22-13-14-25(29)26(30)17-22)39(36,37)24-11-6-5-7-12-24/h5-14,16-17,20H,4,15,18-19H2,1-3H3,(H,31,35)/t20-/m1/s1. The minimum absolute atomic E-state index is 0.00282. The van der Waals surface area contributed by atoms with Crippen molar-refractivity contribution in [3.63, 3.8) is 0 Å². The van der Waals surface area contributed by atoms with Gasteiger partial charge in [0.15, 0.2) is 0 Å². The van der Waals surface area contributed by atoms with Crippen LogP contribution in [0.4, 0.5) is 5.69 Å². The average Bonchev–Trinajstić information content (AvgIpc) is 2.94. The molecular formula is C28H31Cl2N3O5S. The Bertz CT molecular complexity index is 1400. The number of carbonyl (C=O) groups excluding carboxylic acids is 2. The first-order valence-electron chi connectivity index (χ1n) is 12.3. The monoisotopic (exact) mass is 591 g/mol. The van der Waals surface area contributed by atoms with E-state index in [1.165, 1.54) is 42.3 Å². The van der Waals surface area contributed by atoms with Gasteiger partial charge in [-0.2, -0.15) is 0 Å². The summed E-state index contributed by atoms with van der Waals surface area (Å²) in [5, 5.41) is 3.18. The summed E-state index contributed by atoms with van der Waals surface area (Å²) < 4.78 is 33.8. The smallest absolute Gasteiger partial charge is 0.264 e. The fourth-order valence-electron chi connectivity index (χ4n) is 3.83. The van der Waals surface area contributed by atoms with Crippen LogP contribution in [0.15, 0.2) is 77.7 Å². The Kier molecular flexibility index (Phi) is 10.6. The summed E-state index contributed by atoms with van der Waals surface area (Å²) in [6.45, 7) is 3.45. The van der Waals surface area contributed by atoms with Crippen molar-refractivity contribution in [1.29, 1.82) is 0 Å². The first-order chi connectivity index (χ1) is 18.6. The second-order valence-corrected chi connectivity index (χ2v) is 11.4. The minimum Gasteiger partial charge on any atom is -0.497 e. The molecule has 39 heavy (non-hydrogen) atoms. The van der Waals surface area contributed by atoms with Crippen LogP contribution in [0.5, 0.6) is 5.75 Å². The summed E-state index contributed by atoms with van der Waals surface area (Å²) in [5.41, 5.74) is 0.871. The molecule has 2 amide bonds. The number of halogens is 2. The molecule has 0 aromatic heterocycles. The number of nitrogens with one attached hydrogen (secondary N) is 1. The van der Waals surface area contributed by atoms with Crippen molar-refractivity contribution in [3.8, 4) is 5.75 Å². The van der Waals surface area contributed by atoms with Crippen LogP contribution in [-0.4, -0.2) is 51.4 Å². The molecule has 8 nitrogen and oxygen atoms in total. The van der Waals surface area contributed by atoms with Crippen molar-refractivity contribution in [3.05, 3.63) is 88.4 Å². The third-order valence-corrected chi connectivity index (χ3v) is 8.53. The Labute approximate surface area is 239 Å². The summed E-state index contributed by atoms with van der Waals surface area (Å²) >= 11 is 12.3. The summed E-state index contributed by atoms with van der Waals surface area (Å²) in [4.78, 5) is 28.2. The van der Waals surface area contributed by atoms with E-state index >= 15 is 0 Å². The van der Waals surface area contributed by atoms with Crippen LogP contribution in [0.2, 0.25) is 10.0 Å². The second-order valence-electron chi connectivity index (χ2n) is 8.76. The summed E-state index contributed by atoms with van der Waals surface area (Å²) in [6, 6.07) is 18.3. The van der Waals surface area contributed by atoms with Gasteiger partial charge in [-0.1, -0.05) is 60.5 Å². The van der Waals surface area contributed by atoms with Gasteiger partial charge in [-0.3, -0.25) is 13.9 Å². The fraction of sp³-hybridized carbons (Fsp3) is 0.286. The normalized spacial score (nSPS) is 11.9. The van der Waals surface area contributed by atoms with Crippen LogP contribution < -0.4 is 14.4 Å². The fourth-order valence-corrected chi connectivity index (χ4v) is 5.55. The molecular weight excluding hydrogens is 561 g/mol. The maximum atomic E-state index is 13.9. The van der Waals surface area contributed by atoms with Gasteiger partial charge in [0, 0.05) is 13.1 Å². The highest BCUT2D eigenvalue weighted by atomic mass is 35.5. The number of sulfonamides is 1. The Balaban J connectivity index is 2.04. The molecule has 3 aromatic carbocycles. The zero-order valence-electron chi connectivity index (χ0n) is 21.9. The molecule has 0 aliphatic heterocycles. The number of amides is 2. The molecule has 3 aromatic rings. The maximum Gasteiger partial charge on any atom is 0.264 e. The molecule has 0 bridgehead atoms. The SMILES string of the molecule is CCCNC(=O)[C@@H](C)N(Cc1cccc(OC)c1)C(=O)CN(c1ccc(Cl)c(Cl)c1)S(=O)(=O)c1ccccc1. The lowest BCUT2D eigenvalue weighted by atomic mass is 10.1. The summed E-state index contributed by atoms with van der Waals surface area (Å²) in [7, 11) is -2.66. The van der Waals surface area contributed by atoms with E-state index < -0.39 is 28.5 Å². The number of hydrogen-bond donors (Lipinski definition) is 1. The zero-order chi connectivity index (χ0) is 28.6. The van der Waals surface area contributed by atoms with Gasteiger partial charge in [-0.25, -0.2) is 8.42 Å². The van der Waals surface area contributed by atoms with Gasteiger partial charge >= 0.3 is 0 Å². The van der Waals surface area contributed by atoms with Crippen LogP contribution in [0.1, 0.15) is 25.8 Å². The van der Waals surface area contributed by atoms with Gasteiger partial charge in [0.05, 0.1) is 27.7 Å². The predicted molar refractivity (Wildman–Crippen MR) is 154 cm³/mol. The number of methoxy groups -OCH3 is 1. The third-order valence-electron chi connectivity index (χ3n) is 6.00. The van der Waals surface area contributed by atoms with E-state index in [1.807, 2.05) is 6.92 Å². The molecule has 0 radical (unpaired) electrons. The summed E-state index contributed by atoms with van der Waals surface area (Å²) in [6.07, 6.45) is 0.725. The molecule has 1 N–H and O–H groups in total. The topological polar surface area (TPSA) is 96.0 Å². The Morgan fingerprint density at radius 1 is 0.974 bits per heavy atom. The van der Waals surface area contributed by atoms with Gasteiger partial charge < -0.3 is 15.0 Å². The molecule has 3 rings (SSSR count). The van der Waals surface area contributed by atoms with E-state index in [9.17, 15) is 18.0 Å². The number of rotatable bonds is 12. The first-order valence-corrected chi connectivity index (χ1v) is 14.5. The number of benzene rings is 3. The van der Waals surface area contributed by atoms with E-state index in [4.69, 9.17) is 27.9 Å². The number of hydrogen-bond acceptors (Lipinski definition) is 5. The van der Waals surface area contributed by atoms with Crippen LogP contribution in [0, 0.1) is 0 Å². The van der Waals surface area contributed by atoms with Crippen molar-refractivity contribution < 1.29 is 22.7 Å². The molecule has 208 valence electrons. The van der Waals surface area contributed by atoms with E-state index in [-0.39, 0.29) is 33.1 Å². The molecule has 0 aliphatic carbocycles. The number of carbonyl (C=O) groups is 2. The highest BCUT2D eigenvalue weighted by Gasteiger charge is 2.32. The molecule has 1 atom stereocenters. The van der Waals surface area contributed by atoms with Gasteiger partial charge in [0.1, 0.15) is 18.3 Å². The van der Waals surface area contributed by atoms with E-state index in [0.717, 1.165) is 10.7 Å². The quantitative estimate of drug-likeness (QED) is 0.314. The average molecular weight is 593 g/mol. The summed E-state index contributed by atoms with van der Waals surface area (Å²) in [5.74, 6) is -0.338. The highest BCUT2D eigenvalue weighted by molar-refractivity contribution is 7.92. The third kappa shape index (κ3) is 7.65. The van der Waals surface area contributed by atoms with E-state index in [1.54, 1.807) is 49.4 Å². The molecule has 0 unspecified atom stereocenters. The van der Waals surface area contributed by atoms with Crippen LogP contribution in [-0.2, 0) is 26.2 Å². The lowest BCUT2D eigenvalue weighted by molar-refractivity contribution is -0.139. The lowest BCUT2D eigenvalue weighted by Gasteiger charge is -2.32. The van der Waals surface area contributed by atoms with Gasteiger partial charge in [-0.15, -0.1) is 0 Å². The second kappa shape index (κ2) is 13.7. The molecule has 0 fully saturated rings. The van der Waals surface area contributed by atoms with Crippen LogP contribution >= 0.6 is 23.2 Å². The predicted octanol–water partition coefficient (Wildman–Crippen LogP) is 5.14. The van der Waals surface area contributed by atoms with E-state index in [0.29, 0.717) is 17.9 Å². The van der Waals surface area contributed by atoms with Gasteiger partial charge in [-0.05, 0) is 61.4 Å². The minimum atomic E-state index is -4.19. The largest absolute Gasteiger partial charge is 0.497 e. The number of nitrogens with zero attached hydrogens (tertiary/aromatic N) is 2. The van der Waals surface area contributed by atoms with Crippen LogP contribution in [0.25, 0.3) is 0 Å². The number of ether oxygens (including phenoxy) is 1. The van der Waals surface area contributed by atoms with Gasteiger partial charge in [0.25, 0.3) is 10.0 Å². The van der Waals surface area contributed by atoms with Gasteiger partial charge in [0.2, 0.25) is 11.8 Å². The van der Waals surface area contributed by atoms with Crippen molar-refractivity contribution >= 4 is 50.7 Å². The lowest BCUT2D eigenvalue weighted by Crippen LogP contribution is -2.51. The van der Waals surface area contributed by atoms with Crippen molar-refractivity contribution in [2.24, 2.45) is 0 Å². The Morgan fingerprint density at radius 3 is 2.33 bits per heavy atom. The molecule has 0 saturated heterocycles. The van der Waals surface area contributed by atoms with Crippen molar-refractivity contribution in [2.75, 3.05) is 24.5 Å². The zero-order valence-corrected chi connectivity index (χ0v) is 24.3. The molecule has 11 heteroatoms. The molecule has 0 spiro atoms. The van der Waals surface area contributed by atoms with Crippen LogP contribution in [0.3, 0.4) is 0 Å². The highest BCUT2D eigenvalue weighted by Crippen LogP contribution is 2.31. The molecule has 0 heterocycles. The van der Waals surface area contributed by atoms with E-state index in [2.05, 4.69) is 5.32 Å². The van der Waals surface area contributed by atoms with Crippen molar-refractivity contribution in [2.45, 2.75) is 37.8 Å². The molecule has 0 saturated carbocycles. The van der Waals surface area contributed by atoms with Crippen molar-refractivity contribution in [1.82, 2.24) is 10.2 Å². The number of anilines is 1. The first kappa shape index (κ1) is 30.3. The Morgan fingerprint density at radius 2 is 1.69 bits per heavy atom. The Hall–Kier alpha value is -3.27. The maximum absolute atomic E-state index is 13.9.